The van der Waals surface area contributed by atoms with Crippen molar-refractivity contribution in [1.82, 2.24) is 0 Å². The number of aliphatic carboxylic acids is 1. The Labute approximate surface area is 222 Å². The van der Waals surface area contributed by atoms with Crippen molar-refractivity contribution in [3.05, 3.63) is 34.9 Å². The Kier molecular flexibility index (Phi) is 7.35. The van der Waals surface area contributed by atoms with Crippen LogP contribution in [0, 0.1) is 39.9 Å². The van der Waals surface area contributed by atoms with Crippen LogP contribution in [0.25, 0.3) is 0 Å². The largest absolute Gasteiger partial charge is 0.478 e. The van der Waals surface area contributed by atoms with Gasteiger partial charge in [-0.25, -0.2) is 4.79 Å². The van der Waals surface area contributed by atoms with E-state index in [1.165, 1.54) is 6.92 Å². The monoisotopic (exact) mass is 513 g/mol. The highest BCUT2D eigenvalue weighted by Crippen LogP contribution is 2.74. The van der Waals surface area contributed by atoms with E-state index in [9.17, 15) is 19.8 Å². The molecule has 0 unspecified atom stereocenters. The molecule has 4 aliphatic rings. The number of fused-ring (bicyclic) bond motifs is 5. The number of carbonyl (C=O) groups is 2. The molecular formula is C31H47NO5. The standard InChI is InChI=1S/C31H47NO5/c1-17(2)9-8-10-20(28(35)36)26-24(37-19(4)33)16-31(7)27(26)22(32)15-25-29(5)13-12-23(34)18(3)21(29)11-14-30(25,31)6/h8-10,18,21-25,27,34H,11-16,32H2,1-7H3,(H,35,36)/b10-8-,26-20+/t18-,21-,22-,23+,24-,25-,27-,29-,30-,31-/m0/s1. The van der Waals surface area contributed by atoms with E-state index in [-0.39, 0.29) is 45.8 Å². The minimum atomic E-state index is -1.01. The van der Waals surface area contributed by atoms with Gasteiger partial charge in [0.2, 0.25) is 0 Å². The normalized spacial score (nSPS) is 46.5. The second kappa shape index (κ2) is 9.68. The molecule has 206 valence electrons. The first-order valence-corrected chi connectivity index (χ1v) is 14.1. The second-order valence-corrected chi connectivity index (χ2v) is 13.5. The number of rotatable bonds is 4. The predicted molar refractivity (Wildman–Crippen MR) is 144 cm³/mol. The van der Waals surface area contributed by atoms with E-state index in [0.717, 1.165) is 37.7 Å². The van der Waals surface area contributed by atoms with Crippen molar-refractivity contribution < 1.29 is 24.5 Å². The number of carbonyl (C=O) groups excluding carboxylic acids is 1. The van der Waals surface area contributed by atoms with Crippen LogP contribution in [0.4, 0.5) is 0 Å². The summed E-state index contributed by atoms with van der Waals surface area (Å²) in [5.74, 6) is -0.534. The Morgan fingerprint density at radius 3 is 2.35 bits per heavy atom. The van der Waals surface area contributed by atoms with Crippen LogP contribution < -0.4 is 5.73 Å². The summed E-state index contributed by atoms with van der Waals surface area (Å²) < 4.78 is 5.88. The van der Waals surface area contributed by atoms with Gasteiger partial charge in [0, 0.05) is 18.9 Å². The Bertz CT molecular complexity index is 1040. The van der Waals surface area contributed by atoms with E-state index in [0.29, 0.717) is 23.8 Å². The molecule has 4 saturated carbocycles. The van der Waals surface area contributed by atoms with E-state index in [4.69, 9.17) is 10.5 Å². The molecule has 37 heavy (non-hydrogen) atoms. The maximum atomic E-state index is 12.6. The smallest absolute Gasteiger partial charge is 0.335 e. The Morgan fingerprint density at radius 1 is 1.08 bits per heavy atom. The van der Waals surface area contributed by atoms with Crippen LogP contribution in [0.15, 0.2) is 34.9 Å². The quantitative estimate of drug-likeness (QED) is 0.263. The summed E-state index contributed by atoms with van der Waals surface area (Å²) in [5.41, 5.74) is 8.67. The highest BCUT2D eigenvalue weighted by Gasteiger charge is 2.70. The summed E-state index contributed by atoms with van der Waals surface area (Å²) in [6.45, 7) is 14.6. The van der Waals surface area contributed by atoms with Gasteiger partial charge in [-0.3, -0.25) is 4.79 Å². The molecule has 4 aliphatic carbocycles. The SMILES string of the molecule is CC(=O)O[C@H]1C[C@@]2(C)[C@H](/C1=C(\C=C/C=C(C)C)C(=O)O)[C@@H](N)C[C@H]1[C@@]3(C)CC[C@@H](O)[C@@H](C)[C@@H]3CC[C@@]12C. The van der Waals surface area contributed by atoms with Crippen molar-refractivity contribution in [3.8, 4) is 0 Å². The maximum absolute atomic E-state index is 12.6. The Morgan fingerprint density at radius 2 is 1.76 bits per heavy atom. The van der Waals surface area contributed by atoms with Crippen molar-refractivity contribution in [1.29, 1.82) is 0 Å². The molecule has 0 aliphatic heterocycles. The molecule has 0 heterocycles. The van der Waals surface area contributed by atoms with Crippen LogP contribution in [-0.4, -0.2) is 40.4 Å². The lowest BCUT2D eigenvalue weighted by Gasteiger charge is -2.68. The number of hydrogen-bond acceptors (Lipinski definition) is 5. The van der Waals surface area contributed by atoms with Crippen molar-refractivity contribution >= 4 is 11.9 Å². The number of ether oxygens (including phenoxy) is 1. The van der Waals surface area contributed by atoms with E-state index < -0.39 is 18.0 Å². The first-order valence-electron chi connectivity index (χ1n) is 14.1. The second-order valence-electron chi connectivity index (χ2n) is 13.5. The fourth-order valence-corrected chi connectivity index (χ4v) is 9.51. The zero-order chi connectivity index (χ0) is 27.5. The molecule has 0 bridgehead atoms. The molecule has 0 saturated heterocycles. The third-order valence-electron chi connectivity index (χ3n) is 11.4. The van der Waals surface area contributed by atoms with E-state index >= 15 is 0 Å². The lowest BCUT2D eigenvalue weighted by molar-refractivity contribution is -0.201. The van der Waals surface area contributed by atoms with Gasteiger partial charge in [0.25, 0.3) is 0 Å². The van der Waals surface area contributed by atoms with E-state index in [1.54, 1.807) is 12.2 Å². The molecule has 0 aromatic heterocycles. The highest BCUT2D eigenvalue weighted by molar-refractivity contribution is 5.91. The molecule has 4 N–H and O–H groups in total. The topological polar surface area (TPSA) is 110 Å². The summed E-state index contributed by atoms with van der Waals surface area (Å²) >= 11 is 0. The van der Waals surface area contributed by atoms with Crippen molar-refractivity contribution in [3.63, 3.8) is 0 Å². The van der Waals surface area contributed by atoms with Crippen molar-refractivity contribution in [2.24, 2.45) is 45.7 Å². The maximum Gasteiger partial charge on any atom is 0.335 e. The van der Waals surface area contributed by atoms with Crippen LogP contribution in [0.2, 0.25) is 0 Å². The summed E-state index contributed by atoms with van der Waals surface area (Å²) in [6, 6.07) is -0.234. The minimum absolute atomic E-state index is 0.0691. The van der Waals surface area contributed by atoms with Crippen LogP contribution in [0.5, 0.6) is 0 Å². The first kappa shape index (κ1) is 28.1. The molecule has 4 fully saturated rings. The number of nitrogens with two attached hydrogens (primary N) is 1. The molecule has 0 radical (unpaired) electrons. The lowest BCUT2D eigenvalue weighted by atomic mass is 9.36. The van der Waals surface area contributed by atoms with Crippen molar-refractivity contribution in [2.75, 3.05) is 0 Å². The van der Waals surface area contributed by atoms with Gasteiger partial charge < -0.3 is 20.7 Å². The lowest BCUT2D eigenvalue weighted by Crippen LogP contribution is -2.65. The predicted octanol–water partition coefficient (Wildman–Crippen LogP) is 5.41. The van der Waals surface area contributed by atoms with Gasteiger partial charge in [-0.05, 0) is 98.0 Å². The van der Waals surface area contributed by atoms with Crippen LogP contribution in [0.1, 0.15) is 87.0 Å². The molecule has 10 atom stereocenters. The van der Waals surface area contributed by atoms with Gasteiger partial charge in [-0.2, -0.15) is 0 Å². The molecule has 0 amide bonds. The number of hydrogen-bond donors (Lipinski definition) is 3. The van der Waals surface area contributed by atoms with Gasteiger partial charge in [0.1, 0.15) is 6.10 Å². The van der Waals surface area contributed by atoms with Crippen LogP contribution in [0.3, 0.4) is 0 Å². The number of carboxylic acid groups (broad SMARTS) is 1. The number of allylic oxidation sites excluding steroid dienone is 3. The Balaban J connectivity index is 1.86. The van der Waals surface area contributed by atoms with E-state index in [2.05, 4.69) is 27.7 Å². The summed E-state index contributed by atoms with van der Waals surface area (Å²) in [7, 11) is 0. The number of aliphatic hydroxyl groups is 1. The highest BCUT2D eigenvalue weighted by atomic mass is 16.5. The van der Waals surface area contributed by atoms with Gasteiger partial charge in [-0.15, -0.1) is 0 Å². The van der Waals surface area contributed by atoms with Gasteiger partial charge in [0.05, 0.1) is 11.7 Å². The molecule has 0 aromatic carbocycles. The third-order valence-corrected chi connectivity index (χ3v) is 11.4. The zero-order valence-electron chi connectivity index (χ0n) is 23.7. The van der Waals surface area contributed by atoms with E-state index in [1.807, 2.05) is 19.9 Å². The minimum Gasteiger partial charge on any atom is -0.478 e. The molecule has 0 aromatic rings. The molecule has 6 heteroatoms. The third kappa shape index (κ3) is 4.32. The molecule has 0 spiro atoms. The average Bonchev–Trinajstić information content (AvgIpc) is 3.08. The fourth-order valence-electron chi connectivity index (χ4n) is 9.51. The van der Waals surface area contributed by atoms with Crippen LogP contribution in [-0.2, 0) is 14.3 Å². The molecule has 4 rings (SSSR count). The molecular weight excluding hydrogens is 466 g/mol. The fraction of sp³-hybridized carbons (Fsp3) is 0.742. The van der Waals surface area contributed by atoms with Gasteiger partial charge in [0.15, 0.2) is 0 Å². The van der Waals surface area contributed by atoms with Gasteiger partial charge in [-0.1, -0.05) is 45.4 Å². The Hall–Kier alpha value is -1.92. The zero-order valence-corrected chi connectivity index (χ0v) is 23.7. The number of esters is 1. The van der Waals surface area contributed by atoms with Crippen LogP contribution >= 0.6 is 0 Å². The average molecular weight is 514 g/mol. The first-order chi connectivity index (χ1) is 17.2. The molecule has 6 nitrogen and oxygen atoms in total. The van der Waals surface area contributed by atoms with Crippen molar-refractivity contribution in [2.45, 2.75) is 105 Å². The van der Waals surface area contributed by atoms with Gasteiger partial charge >= 0.3 is 11.9 Å². The summed E-state index contributed by atoms with van der Waals surface area (Å²) in [5, 5.41) is 21.0. The summed E-state index contributed by atoms with van der Waals surface area (Å²) in [4.78, 5) is 24.8. The number of carboxylic acids is 1. The summed E-state index contributed by atoms with van der Waals surface area (Å²) in [6.07, 6.45) is 9.70. The number of aliphatic hydroxyl groups excluding tert-OH is 1.